The average molecular weight is 292 g/mol. The Morgan fingerprint density at radius 2 is 2.38 bits per heavy atom. The van der Waals surface area contributed by atoms with E-state index in [1.54, 1.807) is 0 Å². The molecule has 3 rings (SSSR count). The second-order valence-electron chi connectivity index (χ2n) is 6.38. The zero-order chi connectivity index (χ0) is 14.7. The first-order valence-corrected chi connectivity index (χ1v) is 8.39. The van der Waals surface area contributed by atoms with Gasteiger partial charge in [0.05, 0.1) is 18.4 Å². The highest BCUT2D eigenvalue weighted by molar-refractivity contribution is 5.29. The number of ether oxygens (including phenoxy) is 1. The lowest BCUT2D eigenvalue weighted by Crippen LogP contribution is -2.48. The molecule has 0 aromatic carbocycles. The molecule has 1 aromatic rings. The van der Waals surface area contributed by atoms with E-state index in [1.165, 1.54) is 32.2 Å². The van der Waals surface area contributed by atoms with Gasteiger partial charge in [0.1, 0.15) is 0 Å². The first kappa shape index (κ1) is 14.9. The van der Waals surface area contributed by atoms with E-state index in [4.69, 9.17) is 4.74 Å². The fraction of sp³-hybridized carbons (Fsp3) is 0.812. The van der Waals surface area contributed by atoms with E-state index < -0.39 is 0 Å². The van der Waals surface area contributed by atoms with Crippen LogP contribution in [0.3, 0.4) is 0 Å². The van der Waals surface area contributed by atoms with Crippen molar-refractivity contribution in [3.63, 3.8) is 0 Å². The molecule has 21 heavy (non-hydrogen) atoms. The van der Waals surface area contributed by atoms with Crippen molar-refractivity contribution < 1.29 is 4.74 Å². The lowest BCUT2D eigenvalue weighted by Gasteiger charge is -2.35. The van der Waals surface area contributed by atoms with E-state index in [0.717, 1.165) is 37.9 Å². The molecule has 3 heterocycles. The molecular formula is C16H28N4O. The summed E-state index contributed by atoms with van der Waals surface area (Å²) in [7, 11) is 0. The third kappa shape index (κ3) is 3.58. The second-order valence-corrected chi connectivity index (χ2v) is 6.38. The van der Waals surface area contributed by atoms with Gasteiger partial charge in [-0.05, 0) is 32.7 Å². The molecule has 5 heteroatoms. The summed E-state index contributed by atoms with van der Waals surface area (Å²) in [5.74, 6) is 0.994. The van der Waals surface area contributed by atoms with Gasteiger partial charge in [0.25, 0.3) is 0 Å². The zero-order valence-corrected chi connectivity index (χ0v) is 13.3. The smallest absolute Gasteiger partial charge is 0.203 e. The van der Waals surface area contributed by atoms with Crippen molar-refractivity contribution in [2.45, 2.75) is 58.2 Å². The maximum atomic E-state index is 6.00. The van der Waals surface area contributed by atoms with Gasteiger partial charge in [-0.25, -0.2) is 4.98 Å². The Balaban J connectivity index is 1.52. The summed E-state index contributed by atoms with van der Waals surface area (Å²) in [6, 6.07) is 0.676. The van der Waals surface area contributed by atoms with Crippen LogP contribution in [0.5, 0.6) is 0 Å². The molecule has 2 fully saturated rings. The number of hydrogen-bond donors (Lipinski definition) is 1. The van der Waals surface area contributed by atoms with Crippen molar-refractivity contribution in [2.24, 2.45) is 0 Å². The van der Waals surface area contributed by atoms with Gasteiger partial charge in [0, 0.05) is 31.9 Å². The van der Waals surface area contributed by atoms with Gasteiger partial charge in [-0.3, -0.25) is 4.90 Å². The Labute approximate surface area is 127 Å². The Bertz CT molecular complexity index is 459. The highest BCUT2D eigenvalue weighted by atomic mass is 16.5. The number of aromatic nitrogens is 2. The van der Waals surface area contributed by atoms with Crippen LogP contribution in [0.25, 0.3) is 0 Å². The summed E-state index contributed by atoms with van der Waals surface area (Å²) in [6.07, 6.45) is 7.46. The van der Waals surface area contributed by atoms with Gasteiger partial charge in [-0.1, -0.05) is 13.3 Å². The molecule has 0 aliphatic carbocycles. The van der Waals surface area contributed by atoms with Gasteiger partial charge < -0.3 is 14.6 Å². The van der Waals surface area contributed by atoms with Crippen LogP contribution in [0.4, 0.5) is 5.95 Å². The number of unbranched alkanes of at least 4 members (excludes halogenated alkanes) is 1. The van der Waals surface area contributed by atoms with Crippen molar-refractivity contribution >= 4 is 5.95 Å². The van der Waals surface area contributed by atoms with E-state index in [0.29, 0.717) is 6.04 Å². The standard InChI is InChI=1S/C16H28N4O/c1-3-4-7-20-10-13(2)18-16(20)17-9-15-11-19-8-5-6-14(19)12-21-15/h10,14-15H,3-9,11-12H2,1-2H3,(H,17,18). The Morgan fingerprint density at radius 1 is 1.48 bits per heavy atom. The monoisotopic (exact) mass is 292 g/mol. The third-order valence-corrected chi connectivity index (χ3v) is 4.60. The molecule has 0 saturated carbocycles. The lowest BCUT2D eigenvalue weighted by molar-refractivity contribution is -0.0416. The Morgan fingerprint density at radius 3 is 3.24 bits per heavy atom. The quantitative estimate of drug-likeness (QED) is 0.873. The molecule has 0 amide bonds. The van der Waals surface area contributed by atoms with Gasteiger partial charge in [-0.2, -0.15) is 0 Å². The van der Waals surface area contributed by atoms with Crippen molar-refractivity contribution in [3.8, 4) is 0 Å². The number of morpholine rings is 1. The fourth-order valence-electron chi connectivity index (χ4n) is 3.40. The first-order valence-electron chi connectivity index (χ1n) is 8.39. The number of imidazole rings is 1. The van der Waals surface area contributed by atoms with Crippen LogP contribution in [-0.2, 0) is 11.3 Å². The molecule has 1 N–H and O–H groups in total. The van der Waals surface area contributed by atoms with Crippen molar-refractivity contribution in [1.82, 2.24) is 14.5 Å². The summed E-state index contributed by atoms with van der Waals surface area (Å²) in [5, 5.41) is 3.49. The number of hydrogen-bond acceptors (Lipinski definition) is 4. The number of nitrogens with zero attached hydrogens (tertiary/aromatic N) is 3. The number of fused-ring (bicyclic) bond motifs is 1. The van der Waals surface area contributed by atoms with Crippen molar-refractivity contribution in [3.05, 3.63) is 11.9 Å². The maximum absolute atomic E-state index is 6.00. The molecule has 2 atom stereocenters. The summed E-state index contributed by atoms with van der Waals surface area (Å²) >= 11 is 0. The number of anilines is 1. The first-order chi connectivity index (χ1) is 10.3. The molecule has 2 unspecified atom stereocenters. The van der Waals surface area contributed by atoms with E-state index in [2.05, 4.69) is 39.8 Å². The molecule has 0 radical (unpaired) electrons. The number of aryl methyl sites for hydroxylation is 2. The molecule has 2 saturated heterocycles. The van der Waals surface area contributed by atoms with E-state index >= 15 is 0 Å². The average Bonchev–Trinajstić information content (AvgIpc) is 3.08. The highest BCUT2D eigenvalue weighted by Gasteiger charge is 2.32. The SMILES string of the molecule is CCCCn1cc(C)nc1NCC1CN2CCCC2CO1. The summed E-state index contributed by atoms with van der Waals surface area (Å²) in [5.41, 5.74) is 1.08. The normalized spacial score (nSPS) is 26.0. The fourth-order valence-corrected chi connectivity index (χ4v) is 3.40. The van der Waals surface area contributed by atoms with Gasteiger partial charge in [0.2, 0.25) is 5.95 Å². The predicted molar refractivity (Wildman–Crippen MR) is 84.7 cm³/mol. The molecule has 2 aliphatic heterocycles. The lowest BCUT2D eigenvalue weighted by atomic mass is 10.2. The summed E-state index contributed by atoms with van der Waals surface area (Å²) in [4.78, 5) is 7.19. The number of nitrogens with one attached hydrogen (secondary N) is 1. The Kier molecular flexibility index (Phi) is 4.80. The van der Waals surface area contributed by atoms with Crippen LogP contribution in [0, 0.1) is 6.92 Å². The molecule has 1 aromatic heterocycles. The van der Waals surface area contributed by atoms with Crippen LogP contribution in [0.15, 0.2) is 6.20 Å². The van der Waals surface area contributed by atoms with Crippen molar-refractivity contribution in [1.29, 1.82) is 0 Å². The molecule has 118 valence electrons. The maximum Gasteiger partial charge on any atom is 0.203 e. The van der Waals surface area contributed by atoms with Gasteiger partial charge in [0.15, 0.2) is 0 Å². The molecule has 0 spiro atoms. The number of rotatable bonds is 6. The zero-order valence-electron chi connectivity index (χ0n) is 13.3. The van der Waals surface area contributed by atoms with E-state index in [1.807, 2.05) is 0 Å². The summed E-state index contributed by atoms with van der Waals surface area (Å²) < 4.78 is 8.24. The van der Waals surface area contributed by atoms with Crippen LogP contribution in [0.1, 0.15) is 38.3 Å². The van der Waals surface area contributed by atoms with Gasteiger partial charge in [-0.15, -0.1) is 0 Å². The predicted octanol–water partition coefficient (Wildman–Crippen LogP) is 2.27. The minimum atomic E-state index is 0.288. The largest absolute Gasteiger partial charge is 0.373 e. The molecular weight excluding hydrogens is 264 g/mol. The molecule has 0 bridgehead atoms. The summed E-state index contributed by atoms with van der Waals surface area (Å²) in [6.45, 7) is 9.38. The topological polar surface area (TPSA) is 42.3 Å². The van der Waals surface area contributed by atoms with Gasteiger partial charge >= 0.3 is 0 Å². The minimum Gasteiger partial charge on any atom is -0.373 e. The van der Waals surface area contributed by atoms with Crippen LogP contribution < -0.4 is 5.32 Å². The van der Waals surface area contributed by atoms with E-state index in [-0.39, 0.29) is 6.10 Å². The minimum absolute atomic E-state index is 0.288. The Hall–Kier alpha value is -1.07. The van der Waals surface area contributed by atoms with Crippen LogP contribution in [0.2, 0.25) is 0 Å². The molecule has 5 nitrogen and oxygen atoms in total. The molecule has 2 aliphatic rings. The third-order valence-electron chi connectivity index (χ3n) is 4.60. The highest BCUT2D eigenvalue weighted by Crippen LogP contribution is 2.22. The van der Waals surface area contributed by atoms with Crippen LogP contribution in [-0.4, -0.2) is 52.8 Å². The van der Waals surface area contributed by atoms with E-state index in [9.17, 15) is 0 Å². The van der Waals surface area contributed by atoms with Crippen LogP contribution >= 0.6 is 0 Å². The second kappa shape index (κ2) is 6.79. The van der Waals surface area contributed by atoms with Crippen molar-refractivity contribution in [2.75, 3.05) is 31.6 Å².